The second kappa shape index (κ2) is 5.20. The number of aliphatic hydroxyl groups excluding tert-OH is 1. The van der Waals surface area contributed by atoms with Crippen molar-refractivity contribution in [2.75, 3.05) is 11.4 Å². The van der Waals surface area contributed by atoms with Gasteiger partial charge in [0.05, 0.1) is 18.6 Å². The molecule has 1 fully saturated rings. The lowest BCUT2D eigenvalue weighted by molar-refractivity contribution is 0.199. The normalized spacial score (nSPS) is 16.3. The molecular formula is C14H18N2O. The lowest BCUT2D eigenvalue weighted by Gasteiger charge is -2.27. The van der Waals surface area contributed by atoms with Crippen LogP contribution in [0.25, 0.3) is 0 Å². The third-order valence-corrected chi connectivity index (χ3v) is 3.15. The van der Waals surface area contributed by atoms with Gasteiger partial charge in [-0.2, -0.15) is 5.26 Å². The summed E-state index contributed by atoms with van der Waals surface area (Å²) in [5.74, 6) is 0. The molecular weight excluding hydrogens is 212 g/mol. The van der Waals surface area contributed by atoms with Crippen LogP contribution in [0.4, 0.5) is 5.69 Å². The number of hydrogen-bond donors (Lipinski definition) is 1. The monoisotopic (exact) mass is 230 g/mol. The van der Waals surface area contributed by atoms with Crippen molar-refractivity contribution in [3.05, 3.63) is 29.8 Å². The lowest BCUT2D eigenvalue weighted by atomic mass is 10.1. The molecule has 1 aromatic rings. The predicted octanol–water partition coefficient (Wildman–Crippen LogP) is 2.62. The minimum absolute atomic E-state index is 0.463. The van der Waals surface area contributed by atoms with Gasteiger partial charge in [-0.25, -0.2) is 0 Å². The number of nitrogens with zero attached hydrogens (tertiary/aromatic N) is 2. The molecule has 1 aliphatic rings. The Hall–Kier alpha value is -1.53. The van der Waals surface area contributed by atoms with Crippen LogP contribution >= 0.6 is 0 Å². The molecule has 3 heteroatoms. The molecule has 17 heavy (non-hydrogen) atoms. The molecule has 0 unspecified atom stereocenters. The van der Waals surface area contributed by atoms with Crippen LogP contribution in [0.2, 0.25) is 0 Å². The Morgan fingerprint density at radius 3 is 2.76 bits per heavy atom. The van der Waals surface area contributed by atoms with Crippen LogP contribution in [0.15, 0.2) is 24.3 Å². The lowest BCUT2D eigenvalue weighted by Crippen LogP contribution is -2.27. The van der Waals surface area contributed by atoms with Crippen LogP contribution in [0.1, 0.15) is 37.9 Å². The van der Waals surface area contributed by atoms with Gasteiger partial charge in [0.25, 0.3) is 0 Å². The van der Waals surface area contributed by atoms with E-state index in [4.69, 9.17) is 5.26 Å². The molecule has 1 saturated carbocycles. The van der Waals surface area contributed by atoms with Gasteiger partial charge in [0.15, 0.2) is 0 Å². The van der Waals surface area contributed by atoms with Crippen molar-refractivity contribution in [3.8, 4) is 6.07 Å². The maximum Gasteiger partial charge on any atom is 0.0781 e. The Labute approximate surface area is 102 Å². The van der Waals surface area contributed by atoms with Gasteiger partial charge >= 0.3 is 0 Å². The molecule has 0 aromatic heterocycles. The van der Waals surface area contributed by atoms with Crippen molar-refractivity contribution in [1.29, 1.82) is 5.26 Å². The van der Waals surface area contributed by atoms with Crippen molar-refractivity contribution >= 4 is 5.69 Å². The van der Waals surface area contributed by atoms with Crippen molar-refractivity contribution in [2.24, 2.45) is 0 Å². The Morgan fingerprint density at radius 1 is 1.47 bits per heavy atom. The Morgan fingerprint density at radius 2 is 2.18 bits per heavy atom. The van der Waals surface area contributed by atoms with Gasteiger partial charge in [-0.1, -0.05) is 18.2 Å². The minimum Gasteiger partial charge on any atom is -0.389 e. The first kappa shape index (κ1) is 11.9. The summed E-state index contributed by atoms with van der Waals surface area (Å²) in [4.78, 5) is 2.27. The molecule has 0 heterocycles. The van der Waals surface area contributed by atoms with E-state index in [1.165, 1.54) is 12.8 Å². The summed E-state index contributed by atoms with van der Waals surface area (Å²) >= 11 is 0. The summed E-state index contributed by atoms with van der Waals surface area (Å²) in [7, 11) is 0. The average molecular weight is 230 g/mol. The summed E-state index contributed by atoms with van der Waals surface area (Å²) in [6, 6.07) is 10.7. The van der Waals surface area contributed by atoms with Gasteiger partial charge in [-0.3, -0.25) is 0 Å². The molecule has 1 aromatic carbocycles. The topological polar surface area (TPSA) is 47.3 Å². The molecule has 0 spiro atoms. The second-order valence-electron chi connectivity index (χ2n) is 4.57. The molecule has 0 bridgehead atoms. The number of rotatable bonds is 5. The zero-order chi connectivity index (χ0) is 12.3. The zero-order valence-corrected chi connectivity index (χ0v) is 10.1. The van der Waals surface area contributed by atoms with Crippen molar-refractivity contribution < 1.29 is 5.11 Å². The summed E-state index contributed by atoms with van der Waals surface area (Å²) in [6.07, 6.45) is 2.46. The fourth-order valence-corrected chi connectivity index (χ4v) is 2.16. The van der Waals surface area contributed by atoms with Crippen molar-refractivity contribution in [2.45, 2.75) is 38.3 Å². The Bertz CT molecular complexity index is 418. The van der Waals surface area contributed by atoms with E-state index in [0.717, 1.165) is 17.8 Å². The van der Waals surface area contributed by atoms with Crippen LogP contribution < -0.4 is 4.90 Å². The summed E-state index contributed by atoms with van der Waals surface area (Å²) in [5, 5.41) is 18.5. The number of para-hydroxylation sites is 1. The molecule has 3 nitrogen and oxygen atoms in total. The zero-order valence-electron chi connectivity index (χ0n) is 10.1. The average Bonchev–Trinajstić information content (AvgIpc) is 3.14. The number of benzene rings is 1. The van der Waals surface area contributed by atoms with E-state index in [-0.39, 0.29) is 0 Å². The Kier molecular flexibility index (Phi) is 3.65. The Balaban J connectivity index is 2.25. The van der Waals surface area contributed by atoms with Gasteiger partial charge in [-0.15, -0.1) is 0 Å². The number of anilines is 1. The van der Waals surface area contributed by atoms with E-state index in [2.05, 4.69) is 11.0 Å². The highest BCUT2D eigenvalue weighted by atomic mass is 16.3. The summed E-state index contributed by atoms with van der Waals surface area (Å²) in [6.45, 7) is 2.54. The van der Waals surface area contributed by atoms with E-state index >= 15 is 0 Å². The largest absolute Gasteiger partial charge is 0.389 e. The van der Waals surface area contributed by atoms with Gasteiger partial charge in [0, 0.05) is 23.8 Å². The molecule has 0 saturated heterocycles. The van der Waals surface area contributed by atoms with Crippen LogP contribution in [0.3, 0.4) is 0 Å². The first-order chi connectivity index (χ1) is 8.24. The third kappa shape index (κ3) is 2.78. The number of nitriles is 1. The van der Waals surface area contributed by atoms with E-state index in [0.29, 0.717) is 12.5 Å². The first-order valence-electron chi connectivity index (χ1n) is 6.14. The van der Waals surface area contributed by atoms with Gasteiger partial charge in [0.1, 0.15) is 0 Å². The highest BCUT2D eigenvalue weighted by molar-refractivity contribution is 5.56. The standard InChI is InChI=1S/C14H18N2O/c1-11(17)13-5-2-3-6-14(13)16(10-4-9-15)12-7-8-12/h2-3,5-6,11-12,17H,4,7-8,10H2,1H3/t11-/m0/s1. The first-order valence-corrected chi connectivity index (χ1v) is 6.14. The number of hydrogen-bond acceptors (Lipinski definition) is 3. The molecule has 1 aliphatic carbocycles. The highest BCUT2D eigenvalue weighted by Crippen LogP contribution is 2.35. The highest BCUT2D eigenvalue weighted by Gasteiger charge is 2.30. The van der Waals surface area contributed by atoms with Gasteiger partial charge < -0.3 is 10.0 Å². The summed E-state index contributed by atoms with van der Waals surface area (Å²) < 4.78 is 0. The van der Waals surface area contributed by atoms with Gasteiger partial charge in [0.2, 0.25) is 0 Å². The molecule has 90 valence electrons. The molecule has 0 aliphatic heterocycles. The predicted molar refractivity (Wildman–Crippen MR) is 67.7 cm³/mol. The van der Waals surface area contributed by atoms with E-state index in [9.17, 15) is 5.11 Å². The fourth-order valence-electron chi connectivity index (χ4n) is 2.16. The van der Waals surface area contributed by atoms with Crippen molar-refractivity contribution in [3.63, 3.8) is 0 Å². The van der Waals surface area contributed by atoms with Crippen LogP contribution in [0.5, 0.6) is 0 Å². The molecule has 1 atom stereocenters. The van der Waals surface area contributed by atoms with Gasteiger partial charge in [-0.05, 0) is 25.8 Å². The third-order valence-electron chi connectivity index (χ3n) is 3.15. The van der Waals surface area contributed by atoms with E-state index in [1.54, 1.807) is 6.92 Å². The molecule has 2 rings (SSSR count). The number of aliphatic hydroxyl groups is 1. The van der Waals surface area contributed by atoms with E-state index < -0.39 is 6.10 Å². The maximum absolute atomic E-state index is 9.79. The second-order valence-corrected chi connectivity index (χ2v) is 4.57. The molecule has 1 N–H and O–H groups in total. The minimum atomic E-state index is -0.463. The SMILES string of the molecule is C[C@H](O)c1ccccc1N(CCC#N)C1CC1. The van der Waals surface area contributed by atoms with Crippen LogP contribution in [-0.2, 0) is 0 Å². The van der Waals surface area contributed by atoms with Crippen LogP contribution in [-0.4, -0.2) is 17.7 Å². The maximum atomic E-state index is 9.79. The molecule has 0 radical (unpaired) electrons. The van der Waals surface area contributed by atoms with E-state index in [1.807, 2.05) is 24.3 Å². The fraction of sp³-hybridized carbons (Fsp3) is 0.500. The van der Waals surface area contributed by atoms with Crippen molar-refractivity contribution in [1.82, 2.24) is 0 Å². The summed E-state index contributed by atoms with van der Waals surface area (Å²) in [5.41, 5.74) is 2.04. The van der Waals surface area contributed by atoms with Crippen LogP contribution in [0, 0.1) is 11.3 Å². The smallest absolute Gasteiger partial charge is 0.0781 e. The quantitative estimate of drug-likeness (QED) is 0.845. The molecule has 0 amide bonds.